The molecule has 0 saturated carbocycles. The molecule has 1 saturated heterocycles. The fraction of sp³-hybridized carbons (Fsp3) is 0.833. The highest BCUT2D eigenvalue weighted by molar-refractivity contribution is 5.73. The zero-order valence-electron chi connectivity index (χ0n) is 6.12. The molecular weight excluding hydrogens is 168 g/mol. The van der Waals surface area contributed by atoms with E-state index in [4.69, 9.17) is 20.4 Å². The van der Waals surface area contributed by atoms with Crippen LogP contribution >= 0.6 is 0 Å². The number of carbonyl (C=O) groups is 1. The van der Waals surface area contributed by atoms with Crippen LogP contribution in [-0.2, 0) is 9.53 Å². The summed E-state index contributed by atoms with van der Waals surface area (Å²) in [6, 6.07) is 0. The third-order valence-electron chi connectivity index (χ3n) is 1.79. The molecule has 1 aliphatic heterocycles. The maximum Gasteiger partial charge on any atom is 0.335 e. The van der Waals surface area contributed by atoms with Gasteiger partial charge in [-0.25, -0.2) is 4.79 Å². The molecule has 0 unspecified atom stereocenters. The van der Waals surface area contributed by atoms with Gasteiger partial charge < -0.3 is 25.2 Å². The summed E-state index contributed by atoms with van der Waals surface area (Å²) in [7, 11) is 0. The van der Waals surface area contributed by atoms with Crippen molar-refractivity contribution in [3.8, 4) is 0 Å². The molecule has 0 aromatic rings. The third kappa shape index (κ3) is 1.42. The van der Waals surface area contributed by atoms with E-state index in [1.165, 1.54) is 0 Å². The largest absolute Gasteiger partial charge is 0.479 e. The number of aliphatic carboxylic acids is 1. The fourth-order valence-electron chi connectivity index (χ4n) is 1.10. The SMILES string of the molecule is O=C(O)[C@@H]1O[C@@H](CO)[C@@H](O)[C@H]1O. The van der Waals surface area contributed by atoms with Gasteiger partial charge in [-0.1, -0.05) is 0 Å². The summed E-state index contributed by atoms with van der Waals surface area (Å²) >= 11 is 0. The molecule has 70 valence electrons. The van der Waals surface area contributed by atoms with Crippen LogP contribution in [0.1, 0.15) is 0 Å². The number of hydrogen-bond acceptors (Lipinski definition) is 5. The lowest BCUT2D eigenvalue weighted by molar-refractivity contribution is -0.153. The Hall–Kier alpha value is -0.690. The van der Waals surface area contributed by atoms with Gasteiger partial charge >= 0.3 is 5.97 Å². The molecule has 6 heteroatoms. The smallest absolute Gasteiger partial charge is 0.335 e. The van der Waals surface area contributed by atoms with Crippen molar-refractivity contribution in [2.45, 2.75) is 24.4 Å². The molecule has 0 amide bonds. The molecule has 4 N–H and O–H groups in total. The van der Waals surface area contributed by atoms with E-state index in [2.05, 4.69) is 4.74 Å². The number of aliphatic hydroxyl groups excluding tert-OH is 3. The molecule has 1 aliphatic rings. The Bertz CT molecular complexity index is 181. The lowest BCUT2D eigenvalue weighted by Crippen LogP contribution is -2.36. The molecule has 0 aromatic carbocycles. The van der Waals surface area contributed by atoms with Crippen LogP contribution in [0.4, 0.5) is 0 Å². The van der Waals surface area contributed by atoms with Crippen molar-refractivity contribution in [2.75, 3.05) is 6.61 Å². The summed E-state index contributed by atoms with van der Waals surface area (Å²) in [5.74, 6) is -1.35. The summed E-state index contributed by atoms with van der Waals surface area (Å²) in [5, 5.41) is 35.1. The maximum absolute atomic E-state index is 10.3. The van der Waals surface area contributed by atoms with Crippen molar-refractivity contribution < 1.29 is 30.0 Å². The number of rotatable bonds is 2. The fourth-order valence-corrected chi connectivity index (χ4v) is 1.10. The van der Waals surface area contributed by atoms with Crippen molar-refractivity contribution >= 4 is 5.97 Å². The van der Waals surface area contributed by atoms with E-state index in [-0.39, 0.29) is 0 Å². The normalized spacial score (nSPS) is 41.6. The van der Waals surface area contributed by atoms with E-state index >= 15 is 0 Å². The van der Waals surface area contributed by atoms with Gasteiger partial charge in [0.1, 0.15) is 18.3 Å². The predicted octanol–water partition coefficient (Wildman–Crippen LogP) is -2.45. The lowest BCUT2D eigenvalue weighted by atomic mass is 10.1. The average molecular weight is 178 g/mol. The Kier molecular flexibility index (Phi) is 2.63. The standard InChI is InChI=1S/C6H10O6/c7-1-2-3(8)4(9)5(12-2)6(10)11/h2-5,7-9H,1H2,(H,10,11)/t2-,3+,4+,5+/m0/s1. The molecule has 0 aromatic heterocycles. The molecule has 0 bridgehead atoms. The Morgan fingerprint density at radius 2 is 1.92 bits per heavy atom. The molecule has 1 fully saturated rings. The molecule has 6 nitrogen and oxygen atoms in total. The van der Waals surface area contributed by atoms with Gasteiger partial charge in [-0.2, -0.15) is 0 Å². The van der Waals surface area contributed by atoms with E-state index in [0.29, 0.717) is 0 Å². The minimum atomic E-state index is -1.47. The van der Waals surface area contributed by atoms with Gasteiger partial charge in [0.05, 0.1) is 6.61 Å². The lowest BCUT2D eigenvalue weighted by Gasteiger charge is -2.10. The summed E-state index contributed by atoms with van der Waals surface area (Å²) in [5.41, 5.74) is 0. The van der Waals surface area contributed by atoms with Gasteiger partial charge in [0.25, 0.3) is 0 Å². The van der Waals surface area contributed by atoms with Crippen molar-refractivity contribution in [3.63, 3.8) is 0 Å². The van der Waals surface area contributed by atoms with Crippen LogP contribution in [0.15, 0.2) is 0 Å². The van der Waals surface area contributed by atoms with E-state index < -0.39 is 37.0 Å². The van der Waals surface area contributed by atoms with Gasteiger partial charge in [-0.05, 0) is 0 Å². The molecule has 1 heterocycles. The highest BCUT2D eigenvalue weighted by Gasteiger charge is 2.45. The van der Waals surface area contributed by atoms with Crippen LogP contribution in [0.2, 0.25) is 0 Å². The Balaban J connectivity index is 2.66. The molecule has 0 radical (unpaired) electrons. The zero-order valence-corrected chi connectivity index (χ0v) is 6.12. The van der Waals surface area contributed by atoms with E-state index in [9.17, 15) is 4.79 Å². The second kappa shape index (κ2) is 3.36. The highest BCUT2D eigenvalue weighted by atomic mass is 16.6. The summed E-state index contributed by atoms with van der Waals surface area (Å²) in [4.78, 5) is 10.3. The van der Waals surface area contributed by atoms with Gasteiger partial charge in [0, 0.05) is 0 Å². The number of carboxylic acid groups (broad SMARTS) is 1. The minimum absolute atomic E-state index is 0.512. The Morgan fingerprint density at radius 3 is 2.17 bits per heavy atom. The van der Waals surface area contributed by atoms with Gasteiger partial charge in [-0.3, -0.25) is 0 Å². The van der Waals surface area contributed by atoms with Crippen molar-refractivity contribution in [2.24, 2.45) is 0 Å². The van der Waals surface area contributed by atoms with Crippen LogP contribution in [0.3, 0.4) is 0 Å². The molecule has 4 atom stereocenters. The summed E-state index contributed by atoms with van der Waals surface area (Å²) in [6.07, 6.45) is -5.27. The molecule has 0 spiro atoms. The predicted molar refractivity (Wildman–Crippen MR) is 35.4 cm³/mol. The van der Waals surface area contributed by atoms with Crippen molar-refractivity contribution in [1.29, 1.82) is 0 Å². The van der Waals surface area contributed by atoms with Crippen LogP contribution in [0.5, 0.6) is 0 Å². The van der Waals surface area contributed by atoms with Gasteiger partial charge in [0.15, 0.2) is 6.10 Å². The Labute approximate surface area is 68.0 Å². The van der Waals surface area contributed by atoms with Gasteiger partial charge in [-0.15, -0.1) is 0 Å². The highest BCUT2D eigenvalue weighted by Crippen LogP contribution is 2.20. The number of ether oxygens (including phenoxy) is 1. The quantitative estimate of drug-likeness (QED) is 0.374. The van der Waals surface area contributed by atoms with Crippen LogP contribution in [0.25, 0.3) is 0 Å². The Morgan fingerprint density at radius 1 is 1.33 bits per heavy atom. The van der Waals surface area contributed by atoms with Crippen LogP contribution < -0.4 is 0 Å². The molecular formula is C6H10O6. The number of hydrogen-bond donors (Lipinski definition) is 4. The second-order valence-electron chi connectivity index (χ2n) is 2.60. The monoisotopic (exact) mass is 178 g/mol. The summed E-state index contributed by atoms with van der Waals surface area (Å²) < 4.78 is 4.65. The third-order valence-corrected chi connectivity index (χ3v) is 1.79. The zero-order chi connectivity index (χ0) is 9.30. The van der Waals surface area contributed by atoms with E-state index in [1.807, 2.05) is 0 Å². The molecule has 1 rings (SSSR count). The van der Waals surface area contributed by atoms with Crippen LogP contribution in [0, 0.1) is 0 Å². The van der Waals surface area contributed by atoms with Gasteiger partial charge in [0.2, 0.25) is 0 Å². The topological polar surface area (TPSA) is 107 Å². The van der Waals surface area contributed by atoms with Crippen molar-refractivity contribution in [3.05, 3.63) is 0 Å². The first kappa shape index (κ1) is 9.40. The first-order chi connectivity index (χ1) is 5.57. The van der Waals surface area contributed by atoms with E-state index in [0.717, 1.165) is 0 Å². The number of carboxylic acids is 1. The average Bonchev–Trinajstić information content (AvgIpc) is 2.30. The first-order valence-corrected chi connectivity index (χ1v) is 3.43. The van der Waals surface area contributed by atoms with E-state index in [1.54, 1.807) is 0 Å². The maximum atomic E-state index is 10.3. The molecule has 0 aliphatic carbocycles. The number of aliphatic hydroxyl groups is 3. The molecule has 12 heavy (non-hydrogen) atoms. The van der Waals surface area contributed by atoms with Crippen molar-refractivity contribution in [1.82, 2.24) is 0 Å². The summed E-state index contributed by atoms with van der Waals surface area (Å²) in [6.45, 7) is -0.512. The minimum Gasteiger partial charge on any atom is -0.479 e. The van der Waals surface area contributed by atoms with Crippen LogP contribution in [-0.4, -0.2) is 57.4 Å². The first-order valence-electron chi connectivity index (χ1n) is 3.43. The second-order valence-corrected chi connectivity index (χ2v) is 2.60.